The van der Waals surface area contributed by atoms with Gasteiger partial charge in [-0.3, -0.25) is 4.79 Å². The molecule has 3 rings (SSSR count). The topological polar surface area (TPSA) is 34.9 Å². The van der Waals surface area contributed by atoms with Gasteiger partial charge in [-0.1, -0.05) is 0 Å². The number of carbonyl (C=O) groups is 1. The third kappa shape index (κ3) is 2.50. The Morgan fingerprint density at radius 3 is 2.79 bits per heavy atom. The molecule has 0 amide bonds. The Kier molecular flexibility index (Phi) is 3.27. The first-order valence-electron chi connectivity index (χ1n) is 6.78. The zero-order valence-corrected chi connectivity index (χ0v) is 12.2. The predicted octanol–water partition coefficient (Wildman–Crippen LogP) is 3.52. The summed E-state index contributed by atoms with van der Waals surface area (Å²) in [5, 5.41) is 1.12. The first-order chi connectivity index (χ1) is 9.13. The van der Waals surface area contributed by atoms with Gasteiger partial charge >= 0.3 is 0 Å². The van der Waals surface area contributed by atoms with Crippen molar-refractivity contribution in [3.05, 3.63) is 39.1 Å². The largest absolute Gasteiger partial charge is 0.346 e. The Labute approximate surface area is 117 Å². The van der Waals surface area contributed by atoms with Crippen molar-refractivity contribution in [2.45, 2.75) is 46.1 Å². The smallest absolute Gasteiger partial charge is 0.164 e. The minimum Gasteiger partial charge on any atom is -0.346 e. The second kappa shape index (κ2) is 4.93. The van der Waals surface area contributed by atoms with E-state index in [-0.39, 0.29) is 0 Å². The van der Waals surface area contributed by atoms with Crippen LogP contribution in [0.5, 0.6) is 0 Å². The molecule has 0 aromatic carbocycles. The van der Waals surface area contributed by atoms with Gasteiger partial charge in [-0.05, 0) is 38.7 Å². The molecule has 0 saturated carbocycles. The monoisotopic (exact) mass is 274 g/mol. The molecule has 0 unspecified atom stereocenters. The molecule has 0 saturated heterocycles. The molecule has 2 heterocycles. The number of fused-ring (bicyclic) bond motifs is 1. The Bertz CT molecular complexity index is 605. The van der Waals surface area contributed by atoms with E-state index in [4.69, 9.17) is 0 Å². The number of hydrogen-bond acceptors (Lipinski definition) is 3. The van der Waals surface area contributed by atoms with Gasteiger partial charge in [-0.15, -0.1) is 11.3 Å². The van der Waals surface area contributed by atoms with Gasteiger partial charge in [0.15, 0.2) is 5.78 Å². The molecule has 19 heavy (non-hydrogen) atoms. The molecule has 0 atom stereocenters. The molecule has 100 valence electrons. The maximum absolute atomic E-state index is 12.0. The van der Waals surface area contributed by atoms with Gasteiger partial charge in [0.25, 0.3) is 0 Å². The van der Waals surface area contributed by atoms with E-state index >= 15 is 0 Å². The van der Waals surface area contributed by atoms with Gasteiger partial charge < -0.3 is 4.57 Å². The van der Waals surface area contributed by atoms with Crippen molar-refractivity contribution in [1.29, 1.82) is 0 Å². The normalized spacial score (nSPS) is 15.4. The number of aryl methyl sites for hydroxylation is 3. The fraction of sp³-hybridized carbons (Fsp3) is 0.467. The predicted molar refractivity (Wildman–Crippen MR) is 77.0 cm³/mol. The van der Waals surface area contributed by atoms with Crippen molar-refractivity contribution in [3.8, 4) is 0 Å². The van der Waals surface area contributed by atoms with E-state index in [1.54, 1.807) is 11.3 Å². The van der Waals surface area contributed by atoms with E-state index in [0.29, 0.717) is 12.2 Å². The average molecular weight is 274 g/mol. The van der Waals surface area contributed by atoms with Gasteiger partial charge in [0.1, 0.15) is 5.01 Å². The summed E-state index contributed by atoms with van der Waals surface area (Å²) in [5.74, 6) is 0.303. The van der Waals surface area contributed by atoms with E-state index in [9.17, 15) is 4.79 Å². The number of thiazole rings is 1. The lowest BCUT2D eigenvalue weighted by atomic mass is 10.1. The highest BCUT2D eigenvalue weighted by Crippen LogP contribution is 2.23. The summed E-state index contributed by atoms with van der Waals surface area (Å²) in [4.78, 5) is 17.8. The van der Waals surface area contributed by atoms with Crippen LogP contribution in [0.2, 0.25) is 0 Å². The van der Waals surface area contributed by atoms with E-state index in [1.165, 1.54) is 10.4 Å². The first-order valence-corrected chi connectivity index (χ1v) is 7.60. The lowest BCUT2D eigenvalue weighted by Crippen LogP contribution is -1.98. The Hall–Kier alpha value is -1.42. The molecule has 0 aliphatic heterocycles. The number of rotatable bonds is 2. The van der Waals surface area contributed by atoms with E-state index in [1.807, 2.05) is 13.1 Å². The highest BCUT2D eigenvalue weighted by Gasteiger charge is 2.18. The molecule has 3 nitrogen and oxygen atoms in total. The van der Waals surface area contributed by atoms with Crippen LogP contribution in [-0.4, -0.2) is 15.3 Å². The molecular formula is C15H18N2OS. The minimum atomic E-state index is 0.303. The Morgan fingerprint density at radius 1 is 1.26 bits per heavy atom. The van der Waals surface area contributed by atoms with Crippen LogP contribution in [0.25, 0.3) is 0 Å². The van der Waals surface area contributed by atoms with Gasteiger partial charge in [0.2, 0.25) is 0 Å². The van der Waals surface area contributed by atoms with Crippen LogP contribution >= 0.6 is 11.3 Å². The van der Waals surface area contributed by atoms with Crippen molar-refractivity contribution in [2.75, 3.05) is 0 Å². The van der Waals surface area contributed by atoms with E-state index < -0.39 is 0 Å². The van der Waals surface area contributed by atoms with Crippen LogP contribution in [0, 0.1) is 13.8 Å². The molecule has 0 N–H and O–H groups in total. The summed E-state index contributed by atoms with van der Waals surface area (Å²) < 4.78 is 2.12. The molecule has 2 aromatic heterocycles. The van der Waals surface area contributed by atoms with Gasteiger partial charge in [-0.25, -0.2) is 4.98 Å². The zero-order chi connectivity index (χ0) is 13.4. The number of hydrogen-bond donors (Lipinski definition) is 0. The summed E-state index contributed by atoms with van der Waals surface area (Å²) in [7, 11) is 0. The van der Waals surface area contributed by atoms with Gasteiger partial charge in [0.05, 0.1) is 12.2 Å². The van der Waals surface area contributed by atoms with Crippen molar-refractivity contribution in [2.24, 2.45) is 0 Å². The van der Waals surface area contributed by atoms with Crippen LogP contribution in [0.4, 0.5) is 0 Å². The maximum Gasteiger partial charge on any atom is 0.164 e. The lowest BCUT2D eigenvalue weighted by Gasteiger charge is -1.99. The summed E-state index contributed by atoms with van der Waals surface area (Å²) in [6.07, 6.45) is 8.02. The third-order valence-corrected chi connectivity index (χ3v) is 4.81. The molecule has 1 aliphatic carbocycles. The number of Topliss-reactive ketones (excluding diaryl/α,β-unsaturated/α-hetero) is 1. The number of carbonyl (C=O) groups excluding carboxylic acids is 1. The second-order valence-corrected chi connectivity index (χ2v) is 6.54. The summed E-state index contributed by atoms with van der Waals surface area (Å²) in [6, 6.07) is 0. The summed E-state index contributed by atoms with van der Waals surface area (Å²) >= 11 is 1.74. The van der Waals surface area contributed by atoms with Crippen molar-refractivity contribution in [1.82, 2.24) is 9.55 Å². The zero-order valence-electron chi connectivity index (χ0n) is 11.4. The lowest BCUT2D eigenvalue weighted by molar-refractivity contribution is 0.0982. The van der Waals surface area contributed by atoms with Crippen LogP contribution in [-0.2, 0) is 13.0 Å². The molecule has 4 heteroatoms. The quantitative estimate of drug-likeness (QED) is 0.785. The fourth-order valence-electron chi connectivity index (χ4n) is 2.60. The number of nitrogens with zero attached hydrogens (tertiary/aromatic N) is 2. The molecule has 0 fully saturated rings. The van der Waals surface area contributed by atoms with Crippen LogP contribution in [0.15, 0.2) is 12.4 Å². The molecule has 2 aromatic rings. The van der Waals surface area contributed by atoms with Crippen LogP contribution in [0.1, 0.15) is 50.8 Å². The summed E-state index contributed by atoms with van der Waals surface area (Å²) in [6.45, 7) is 4.92. The van der Waals surface area contributed by atoms with Crippen LogP contribution < -0.4 is 0 Å². The minimum absolute atomic E-state index is 0.303. The third-order valence-electron chi connectivity index (χ3n) is 3.75. The molecular weight excluding hydrogens is 256 g/mol. The van der Waals surface area contributed by atoms with E-state index in [0.717, 1.165) is 42.1 Å². The van der Waals surface area contributed by atoms with Crippen molar-refractivity contribution >= 4 is 17.1 Å². The van der Waals surface area contributed by atoms with Gasteiger partial charge in [-0.2, -0.15) is 0 Å². The highest BCUT2D eigenvalue weighted by atomic mass is 32.1. The molecule has 1 aliphatic rings. The highest BCUT2D eigenvalue weighted by molar-refractivity contribution is 7.11. The Balaban J connectivity index is 1.86. The number of ketones is 1. The molecule has 0 radical (unpaired) electrons. The van der Waals surface area contributed by atoms with Crippen molar-refractivity contribution in [3.63, 3.8) is 0 Å². The molecule has 0 bridgehead atoms. The summed E-state index contributed by atoms with van der Waals surface area (Å²) in [5.41, 5.74) is 3.26. The average Bonchev–Trinajstić information content (AvgIpc) is 2.85. The fourth-order valence-corrected chi connectivity index (χ4v) is 3.54. The SMILES string of the molecule is Cc1nc(Cn2cc3c(c2)C(=O)CCCC3)sc1C. The van der Waals surface area contributed by atoms with Crippen molar-refractivity contribution < 1.29 is 4.79 Å². The van der Waals surface area contributed by atoms with Crippen LogP contribution in [0.3, 0.4) is 0 Å². The number of aromatic nitrogens is 2. The maximum atomic E-state index is 12.0. The van der Waals surface area contributed by atoms with E-state index in [2.05, 4.69) is 22.7 Å². The second-order valence-electron chi connectivity index (χ2n) is 5.25. The van der Waals surface area contributed by atoms with Gasteiger partial charge in [0, 0.05) is 29.3 Å². The first kappa shape index (κ1) is 12.6. The molecule has 0 spiro atoms. The standard InChI is InChI=1S/C15H18N2OS/c1-10-11(2)19-15(16-10)9-17-7-12-5-3-4-6-14(18)13(12)8-17/h7-8H,3-6,9H2,1-2H3. The Morgan fingerprint density at radius 2 is 2.05 bits per heavy atom.